The number of aryl methyl sites for hydroxylation is 1. The van der Waals surface area contributed by atoms with Crippen molar-refractivity contribution in [1.82, 2.24) is 9.47 Å². The van der Waals surface area contributed by atoms with E-state index in [1.807, 2.05) is 41.9 Å². The first kappa shape index (κ1) is 12.9. The minimum atomic E-state index is 0.160. The van der Waals surface area contributed by atoms with Crippen LogP contribution in [0.2, 0.25) is 0 Å². The van der Waals surface area contributed by atoms with Gasteiger partial charge in [-0.3, -0.25) is 9.69 Å². The smallest absolute Gasteiger partial charge is 0.193 e. The lowest BCUT2D eigenvalue weighted by molar-refractivity contribution is 0.0930. The largest absolute Gasteiger partial charge is 0.385 e. The third-order valence-corrected chi connectivity index (χ3v) is 2.53. The Hall–Kier alpha value is -1.13. The molecule has 0 atom stereocenters. The van der Waals surface area contributed by atoms with Gasteiger partial charge in [-0.2, -0.15) is 0 Å². The summed E-state index contributed by atoms with van der Waals surface area (Å²) in [5, 5.41) is 0. The average molecular weight is 224 g/mol. The van der Waals surface area contributed by atoms with Gasteiger partial charge in [0.25, 0.3) is 0 Å². The van der Waals surface area contributed by atoms with Crippen molar-refractivity contribution in [2.24, 2.45) is 7.05 Å². The van der Waals surface area contributed by atoms with Crippen molar-refractivity contribution >= 4 is 5.78 Å². The van der Waals surface area contributed by atoms with Crippen molar-refractivity contribution in [1.29, 1.82) is 0 Å². The summed E-state index contributed by atoms with van der Waals surface area (Å²) in [4.78, 5) is 13.9. The number of nitrogens with zero attached hydrogens (tertiary/aromatic N) is 2. The summed E-state index contributed by atoms with van der Waals surface area (Å²) in [5.74, 6) is 0.160. The Labute approximate surface area is 96.8 Å². The van der Waals surface area contributed by atoms with Crippen molar-refractivity contribution < 1.29 is 9.53 Å². The number of methoxy groups -OCH3 is 1. The molecule has 16 heavy (non-hydrogen) atoms. The zero-order chi connectivity index (χ0) is 12.0. The standard InChI is InChI=1S/C12H20N2O2/c1-13(7-5-9-16-3)10-12(15)11-6-4-8-14(11)2/h4,6,8H,5,7,9-10H2,1-3H3. The van der Waals surface area contributed by atoms with Crippen LogP contribution in [-0.4, -0.2) is 49.1 Å². The van der Waals surface area contributed by atoms with E-state index in [1.165, 1.54) is 0 Å². The van der Waals surface area contributed by atoms with E-state index in [2.05, 4.69) is 0 Å². The quantitative estimate of drug-likeness (QED) is 0.515. The van der Waals surface area contributed by atoms with Crippen LogP contribution >= 0.6 is 0 Å². The van der Waals surface area contributed by atoms with Gasteiger partial charge in [-0.15, -0.1) is 0 Å². The van der Waals surface area contributed by atoms with E-state index in [0.29, 0.717) is 6.54 Å². The Morgan fingerprint density at radius 2 is 2.31 bits per heavy atom. The number of ether oxygens (including phenoxy) is 1. The summed E-state index contributed by atoms with van der Waals surface area (Å²) in [6, 6.07) is 3.74. The third kappa shape index (κ3) is 3.79. The summed E-state index contributed by atoms with van der Waals surface area (Å²) < 4.78 is 6.83. The van der Waals surface area contributed by atoms with Gasteiger partial charge in [0.1, 0.15) is 0 Å². The third-order valence-electron chi connectivity index (χ3n) is 2.53. The van der Waals surface area contributed by atoms with Crippen LogP contribution in [0.3, 0.4) is 0 Å². The van der Waals surface area contributed by atoms with Crippen molar-refractivity contribution in [3.05, 3.63) is 24.0 Å². The predicted molar refractivity (Wildman–Crippen MR) is 63.7 cm³/mol. The summed E-state index contributed by atoms with van der Waals surface area (Å²) in [7, 11) is 5.53. The van der Waals surface area contributed by atoms with Gasteiger partial charge < -0.3 is 9.30 Å². The van der Waals surface area contributed by atoms with Crippen LogP contribution in [0.1, 0.15) is 16.9 Å². The molecule has 90 valence electrons. The molecule has 0 saturated carbocycles. The number of carbonyl (C=O) groups is 1. The van der Waals surface area contributed by atoms with E-state index in [4.69, 9.17) is 4.74 Å². The highest BCUT2D eigenvalue weighted by atomic mass is 16.5. The molecule has 0 fully saturated rings. The van der Waals surface area contributed by atoms with Crippen LogP contribution in [0, 0.1) is 0 Å². The Balaban J connectivity index is 2.37. The number of aromatic nitrogens is 1. The fourth-order valence-corrected chi connectivity index (χ4v) is 1.63. The van der Waals surface area contributed by atoms with Crippen LogP contribution in [0.15, 0.2) is 18.3 Å². The van der Waals surface area contributed by atoms with Crippen molar-refractivity contribution in [2.75, 3.05) is 33.9 Å². The Bertz CT molecular complexity index is 334. The molecule has 1 heterocycles. The molecule has 0 aliphatic heterocycles. The maximum absolute atomic E-state index is 11.9. The van der Waals surface area contributed by atoms with Crippen molar-refractivity contribution in [3.63, 3.8) is 0 Å². The molecule has 0 bridgehead atoms. The van der Waals surface area contributed by atoms with Gasteiger partial charge in [0, 0.05) is 33.5 Å². The maximum Gasteiger partial charge on any atom is 0.193 e. The second kappa shape index (κ2) is 6.45. The highest BCUT2D eigenvalue weighted by Gasteiger charge is 2.11. The minimum Gasteiger partial charge on any atom is -0.385 e. The van der Waals surface area contributed by atoms with Gasteiger partial charge in [0.2, 0.25) is 0 Å². The molecule has 0 aliphatic rings. The van der Waals surface area contributed by atoms with Gasteiger partial charge in [-0.1, -0.05) is 0 Å². The molecule has 0 unspecified atom stereocenters. The Kier molecular flexibility index (Phi) is 5.22. The Morgan fingerprint density at radius 3 is 2.88 bits per heavy atom. The zero-order valence-corrected chi connectivity index (χ0v) is 10.3. The lowest BCUT2D eigenvalue weighted by Crippen LogP contribution is -2.28. The number of rotatable bonds is 7. The van der Waals surface area contributed by atoms with E-state index >= 15 is 0 Å². The normalized spacial score (nSPS) is 11.0. The number of hydrogen-bond donors (Lipinski definition) is 0. The maximum atomic E-state index is 11.9. The van der Waals surface area contributed by atoms with Crippen LogP contribution in [0.25, 0.3) is 0 Å². The molecule has 4 heteroatoms. The second-order valence-electron chi connectivity index (χ2n) is 4.01. The van der Waals surface area contributed by atoms with E-state index < -0.39 is 0 Å². The Morgan fingerprint density at radius 1 is 1.56 bits per heavy atom. The number of carbonyl (C=O) groups excluding carboxylic acids is 1. The minimum absolute atomic E-state index is 0.160. The highest BCUT2D eigenvalue weighted by Crippen LogP contribution is 2.02. The second-order valence-corrected chi connectivity index (χ2v) is 4.01. The summed E-state index contributed by atoms with van der Waals surface area (Å²) >= 11 is 0. The molecular formula is C12H20N2O2. The van der Waals surface area contributed by atoms with Gasteiger partial charge in [0.15, 0.2) is 5.78 Å². The molecule has 0 amide bonds. The van der Waals surface area contributed by atoms with Crippen molar-refractivity contribution in [2.45, 2.75) is 6.42 Å². The van der Waals surface area contributed by atoms with E-state index in [1.54, 1.807) is 7.11 Å². The van der Waals surface area contributed by atoms with Crippen LogP contribution in [-0.2, 0) is 11.8 Å². The molecule has 4 nitrogen and oxygen atoms in total. The topological polar surface area (TPSA) is 34.5 Å². The van der Waals surface area contributed by atoms with Crippen molar-refractivity contribution in [3.8, 4) is 0 Å². The highest BCUT2D eigenvalue weighted by molar-refractivity contribution is 5.96. The first-order valence-corrected chi connectivity index (χ1v) is 5.47. The van der Waals surface area contributed by atoms with E-state index in [9.17, 15) is 4.79 Å². The number of hydrogen-bond acceptors (Lipinski definition) is 3. The predicted octanol–water partition coefficient (Wildman–Crippen LogP) is 1.18. The number of likely N-dealkylation sites (N-methyl/N-ethyl adjacent to an activating group) is 1. The summed E-state index contributed by atoms with van der Waals surface area (Å²) in [6.07, 6.45) is 2.84. The monoisotopic (exact) mass is 224 g/mol. The average Bonchev–Trinajstić information content (AvgIpc) is 2.65. The molecule has 1 aromatic rings. The van der Waals surface area contributed by atoms with Crippen LogP contribution < -0.4 is 0 Å². The molecule has 0 spiro atoms. The molecule has 0 radical (unpaired) electrons. The zero-order valence-electron chi connectivity index (χ0n) is 10.3. The van der Waals surface area contributed by atoms with Gasteiger partial charge in [-0.05, 0) is 25.6 Å². The summed E-state index contributed by atoms with van der Waals surface area (Å²) in [6.45, 7) is 2.08. The molecule has 0 saturated heterocycles. The van der Waals surface area contributed by atoms with Crippen LogP contribution in [0.4, 0.5) is 0 Å². The first-order valence-electron chi connectivity index (χ1n) is 5.47. The lowest BCUT2D eigenvalue weighted by Gasteiger charge is -2.15. The fraction of sp³-hybridized carbons (Fsp3) is 0.583. The molecule has 0 N–H and O–H groups in total. The number of Topliss-reactive ketones (excluding diaryl/α,β-unsaturated/α-hetero) is 1. The molecular weight excluding hydrogens is 204 g/mol. The van der Waals surface area contributed by atoms with Gasteiger partial charge in [0.05, 0.1) is 12.2 Å². The van der Waals surface area contributed by atoms with Gasteiger partial charge in [-0.25, -0.2) is 0 Å². The molecule has 0 aliphatic carbocycles. The SMILES string of the molecule is COCCCN(C)CC(=O)c1cccn1C. The molecule has 0 aromatic carbocycles. The first-order chi connectivity index (χ1) is 7.65. The van der Waals surface area contributed by atoms with Gasteiger partial charge >= 0.3 is 0 Å². The molecule has 1 aromatic heterocycles. The van der Waals surface area contributed by atoms with E-state index in [-0.39, 0.29) is 5.78 Å². The lowest BCUT2D eigenvalue weighted by atomic mass is 10.2. The fourth-order valence-electron chi connectivity index (χ4n) is 1.63. The summed E-state index contributed by atoms with van der Waals surface area (Å²) in [5.41, 5.74) is 0.763. The van der Waals surface area contributed by atoms with E-state index in [0.717, 1.165) is 25.3 Å². The van der Waals surface area contributed by atoms with Crippen LogP contribution in [0.5, 0.6) is 0 Å². The molecule has 1 rings (SSSR count). The number of ketones is 1.